The Morgan fingerprint density at radius 1 is 1.00 bits per heavy atom. The highest BCUT2D eigenvalue weighted by Crippen LogP contribution is 2.25. The zero-order valence-corrected chi connectivity index (χ0v) is 18.5. The van der Waals surface area contributed by atoms with E-state index in [1.54, 1.807) is 42.5 Å². The molecule has 0 bridgehead atoms. The molecule has 0 radical (unpaired) electrons. The maximum Gasteiger partial charge on any atom is 0.291 e. The summed E-state index contributed by atoms with van der Waals surface area (Å²) in [7, 11) is 0. The molecule has 3 aromatic rings. The second-order valence-electron chi connectivity index (χ2n) is 6.77. The number of amidine groups is 1. The molecule has 4 rings (SSSR count). The first-order valence-corrected chi connectivity index (χ1v) is 10.5. The van der Waals surface area contributed by atoms with Gasteiger partial charge in [-0.25, -0.2) is 13.8 Å². The Morgan fingerprint density at radius 3 is 2.29 bits per heavy atom. The van der Waals surface area contributed by atoms with Gasteiger partial charge in [0.2, 0.25) is 12.1 Å². The number of carbonyl (C=O) groups is 1. The lowest BCUT2D eigenvalue weighted by molar-refractivity contribution is -0.117. The van der Waals surface area contributed by atoms with Crippen molar-refractivity contribution in [1.82, 2.24) is 0 Å². The molecule has 1 heterocycles. The molecule has 0 fully saturated rings. The van der Waals surface area contributed by atoms with Gasteiger partial charge in [0.1, 0.15) is 11.6 Å². The molecule has 34 heavy (non-hydrogen) atoms. The van der Waals surface area contributed by atoms with Crippen LogP contribution in [0.1, 0.15) is 30.5 Å². The molecule has 0 aromatic heterocycles. The van der Waals surface area contributed by atoms with E-state index < -0.39 is 29.7 Å². The highest BCUT2D eigenvalue weighted by Gasteiger charge is 2.27. The Kier molecular flexibility index (Phi) is 7.81. The van der Waals surface area contributed by atoms with Crippen molar-refractivity contribution >= 4 is 29.2 Å². The van der Waals surface area contributed by atoms with Crippen molar-refractivity contribution in [3.63, 3.8) is 0 Å². The number of aliphatic imine (C=N–C) groups is 2. The van der Waals surface area contributed by atoms with Gasteiger partial charge < -0.3 is 15.8 Å². The average Bonchev–Trinajstić information content (AvgIpc) is 2.97. The van der Waals surface area contributed by atoms with E-state index in [0.29, 0.717) is 11.3 Å². The number of ether oxygens (including phenoxy) is 1. The van der Waals surface area contributed by atoms with Gasteiger partial charge in [0.25, 0.3) is 11.9 Å². The first-order valence-electron chi connectivity index (χ1n) is 10.5. The molecule has 1 atom stereocenters. The smallest absolute Gasteiger partial charge is 0.291 e. The van der Waals surface area contributed by atoms with Crippen LogP contribution in [0, 0.1) is 17.0 Å². The largest absolute Gasteiger partial charge is 0.407 e. The van der Waals surface area contributed by atoms with Crippen molar-refractivity contribution in [2.75, 3.05) is 5.32 Å². The van der Waals surface area contributed by atoms with E-state index in [4.69, 9.17) is 15.9 Å². The van der Waals surface area contributed by atoms with Gasteiger partial charge in [-0.1, -0.05) is 44.2 Å². The van der Waals surface area contributed by atoms with Crippen LogP contribution < -0.4 is 11.1 Å². The van der Waals surface area contributed by atoms with Crippen molar-refractivity contribution in [2.45, 2.75) is 20.0 Å². The third-order valence-electron chi connectivity index (χ3n) is 4.62. The molecule has 1 aliphatic heterocycles. The fourth-order valence-corrected chi connectivity index (χ4v) is 3.11. The van der Waals surface area contributed by atoms with Crippen LogP contribution >= 0.6 is 0 Å². The van der Waals surface area contributed by atoms with Gasteiger partial charge in [0.15, 0.2) is 0 Å². The normalized spacial score (nSPS) is 15.1. The van der Waals surface area contributed by atoms with Crippen LogP contribution in [0.2, 0.25) is 0 Å². The average molecular weight is 463 g/mol. The monoisotopic (exact) mass is 463 g/mol. The molecule has 1 amide bonds. The van der Waals surface area contributed by atoms with E-state index in [0.717, 1.165) is 0 Å². The number of amides is 1. The number of hydrogen-bond donors (Lipinski definition) is 3. The van der Waals surface area contributed by atoms with Crippen molar-refractivity contribution < 1.29 is 18.3 Å². The van der Waals surface area contributed by atoms with Gasteiger partial charge in [-0.2, -0.15) is 4.99 Å². The molecule has 0 saturated heterocycles. The molecule has 174 valence electrons. The van der Waals surface area contributed by atoms with Crippen molar-refractivity contribution in [1.29, 1.82) is 5.41 Å². The molecule has 0 aliphatic carbocycles. The number of anilines is 1. The summed E-state index contributed by atoms with van der Waals surface area (Å²) in [5, 5.41) is 10.7. The fourth-order valence-electron chi connectivity index (χ4n) is 3.11. The van der Waals surface area contributed by atoms with Gasteiger partial charge in [0, 0.05) is 16.7 Å². The summed E-state index contributed by atoms with van der Waals surface area (Å²) in [6.07, 6.45) is -1.39. The van der Waals surface area contributed by atoms with E-state index in [-0.39, 0.29) is 22.7 Å². The zero-order chi connectivity index (χ0) is 24.7. The standard InChI is InChI=1S/C23H17F2N5O2.C2H6/c24-14-11-9-13(10-12-14)20(26)32-23(27)30-21-22(31)28-18-8-4-2-6-16(18)19(29-21)15-5-1-3-7-17(15)25;1-2/h1-12,21,26H,(H2,27,30)(H,28,31);1-2H3. The third kappa shape index (κ3) is 5.50. The van der Waals surface area contributed by atoms with Crippen LogP contribution in [-0.4, -0.2) is 29.7 Å². The number of hydrogen-bond acceptors (Lipinski definition) is 5. The molecule has 1 aliphatic rings. The molecule has 1 unspecified atom stereocenters. The number of benzodiazepines with no additional fused rings is 1. The Labute approximate surface area is 195 Å². The van der Waals surface area contributed by atoms with Crippen molar-refractivity contribution in [3.05, 3.63) is 101 Å². The maximum atomic E-state index is 14.5. The highest BCUT2D eigenvalue weighted by molar-refractivity contribution is 6.19. The lowest BCUT2D eigenvalue weighted by atomic mass is 10.0. The number of carbonyl (C=O) groups excluding carboxylic acids is 1. The summed E-state index contributed by atoms with van der Waals surface area (Å²) in [5.74, 6) is -1.97. The predicted molar refractivity (Wildman–Crippen MR) is 128 cm³/mol. The number of nitrogens with zero attached hydrogens (tertiary/aromatic N) is 2. The van der Waals surface area contributed by atoms with Gasteiger partial charge in [-0.3, -0.25) is 10.2 Å². The van der Waals surface area contributed by atoms with Gasteiger partial charge >= 0.3 is 0 Å². The molecular formula is C25H23F2N5O2. The lowest BCUT2D eigenvalue weighted by Gasteiger charge is -2.10. The SMILES string of the molecule is CC.N=C(O/C(N)=N/C1N=C(c2ccccc2F)c2ccccc2NC1=O)c1ccc(F)cc1. The van der Waals surface area contributed by atoms with E-state index in [1.807, 2.05) is 13.8 Å². The minimum atomic E-state index is -1.39. The summed E-state index contributed by atoms with van der Waals surface area (Å²) in [6.45, 7) is 4.00. The topological polar surface area (TPSA) is 113 Å². The van der Waals surface area contributed by atoms with Crippen LogP contribution in [0.5, 0.6) is 0 Å². The summed E-state index contributed by atoms with van der Waals surface area (Å²) in [6, 6.07) is 17.4. The molecule has 7 nitrogen and oxygen atoms in total. The first kappa shape index (κ1) is 24.2. The Balaban J connectivity index is 0.00000158. The lowest BCUT2D eigenvalue weighted by Crippen LogP contribution is -2.29. The van der Waals surface area contributed by atoms with Crippen LogP contribution in [0.3, 0.4) is 0 Å². The Bertz CT molecular complexity index is 1260. The number of benzene rings is 3. The molecule has 0 saturated carbocycles. The second-order valence-corrected chi connectivity index (χ2v) is 6.77. The molecule has 9 heteroatoms. The van der Waals surface area contributed by atoms with E-state index >= 15 is 0 Å². The highest BCUT2D eigenvalue weighted by atomic mass is 19.1. The number of halogens is 2. The Hall–Kier alpha value is -4.40. The third-order valence-corrected chi connectivity index (χ3v) is 4.62. The number of nitrogens with one attached hydrogen (secondary N) is 2. The number of para-hydroxylation sites is 1. The van der Waals surface area contributed by atoms with E-state index in [2.05, 4.69) is 15.3 Å². The van der Waals surface area contributed by atoms with E-state index in [1.165, 1.54) is 30.3 Å². The molecule has 3 aromatic carbocycles. The van der Waals surface area contributed by atoms with Crippen LogP contribution in [0.4, 0.5) is 14.5 Å². The number of fused-ring (bicyclic) bond motifs is 1. The fraction of sp³-hybridized carbons (Fsp3) is 0.120. The summed E-state index contributed by atoms with van der Waals surface area (Å²) in [5.41, 5.74) is 7.42. The summed E-state index contributed by atoms with van der Waals surface area (Å²) >= 11 is 0. The summed E-state index contributed by atoms with van der Waals surface area (Å²) in [4.78, 5) is 21.1. The minimum Gasteiger partial charge on any atom is -0.407 e. The van der Waals surface area contributed by atoms with Crippen molar-refractivity contribution in [2.24, 2.45) is 15.7 Å². The van der Waals surface area contributed by atoms with Crippen LogP contribution in [0.15, 0.2) is 82.8 Å². The quantitative estimate of drug-likeness (QED) is 0.394. The van der Waals surface area contributed by atoms with Gasteiger partial charge in [-0.05, 0) is 42.5 Å². The molecule has 0 spiro atoms. The van der Waals surface area contributed by atoms with Gasteiger partial charge in [-0.15, -0.1) is 0 Å². The van der Waals surface area contributed by atoms with Crippen molar-refractivity contribution in [3.8, 4) is 0 Å². The van der Waals surface area contributed by atoms with Gasteiger partial charge in [0.05, 0.1) is 11.4 Å². The first-order chi connectivity index (χ1) is 16.4. The number of rotatable bonds is 3. The number of nitrogens with two attached hydrogens (primary N) is 1. The zero-order valence-electron chi connectivity index (χ0n) is 18.5. The molecular weight excluding hydrogens is 440 g/mol. The van der Waals surface area contributed by atoms with E-state index in [9.17, 15) is 13.6 Å². The van der Waals surface area contributed by atoms with Crippen LogP contribution in [-0.2, 0) is 9.53 Å². The van der Waals surface area contributed by atoms with Crippen LogP contribution in [0.25, 0.3) is 0 Å². The Morgan fingerprint density at radius 2 is 1.62 bits per heavy atom. The predicted octanol–water partition coefficient (Wildman–Crippen LogP) is 4.46. The molecule has 4 N–H and O–H groups in total. The maximum absolute atomic E-state index is 14.5. The second kappa shape index (κ2) is 11.0. The summed E-state index contributed by atoms with van der Waals surface area (Å²) < 4.78 is 32.8. The minimum absolute atomic E-state index is 0.190.